The molecule has 8 nitrogen and oxygen atoms in total. The van der Waals surface area contributed by atoms with Crippen LogP contribution in [-0.2, 0) is 23.8 Å². The Hall–Kier alpha value is -2.07. The van der Waals surface area contributed by atoms with E-state index >= 15 is 0 Å². The van der Waals surface area contributed by atoms with Crippen LogP contribution in [0.15, 0.2) is 18.2 Å². The van der Waals surface area contributed by atoms with Gasteiger partial charge in [-0.3, -0.25) is 14.5 Å². The van der Waals surface area contributed by atoms with Crippen molar-refractivity contribution < 1.29 is 28.2 Å². The Labute approximate surface area is 176 Å². The molecule has 2 amide bonds. The molecule has 2 N–H and O–H groups in total. The van der Waals surface area contributed by atoms with Gasteiger partial charge in [0.05, 0.1) is 44.6 Å². The second kappa shape index (κ2) is 11.9. The summed E-state index contributed by atoms with van der Waals surface area (Å²) in [6.07, 6.45) is 2.61. The van der Waals surface area contributed by atoms with Crippen LogP contribution < -0.4 is 10.6 Å². The predicted octanol–water partition coefficient (Wildman–Crippen LogP) is 2.01. The normalized spacial score (nSPS) is 19.6. The van der Waals surface area contributed by atoms with Crippen LogP contribution in [0.4, 0.5) is 15.8 Å². The first-order valence-electron chi connectivity index (χ1n) is 10.5. The van der Waals surface area contributed by atoms with Crippen molar-refractivity contribution in [3.8, 4) is 0 Å². The molecule has 2 fully saturated rings. The van der Waals surface area contributed by atoms with E-state index in [1.807, 2.05) is 0 Å². The predicted molar refractivity (Wildman–Crippen MR) is 110 cm³/mol. The molecular weight excluding hydrogens is 393 g/mol. The molecule has 9 heteroatoms. The van der Waals surface area contributed by atoms with Crippen molar-refractivity contribution in [1.82, 2.24) is 4.90 Å². The van der Waals surface area contributed by atoms with Gasteiger partial charge in [0.2, 0.25) is 11.8 Å². The number of ether oxygens (including phenoxy) is 3. The Morgan fingerprint density at radius 2 is 1.93 bits per heavy atom. The number of amides is 2. The van der Waals surface area contributed by atoms with Crippen LogP contribution in [0.25, 0.3) is 0 Å². The Morgan fingerprint density at radius 1 is 1.13 bits per heavy atom. The highest BCUT2D eigenvalue weighted by molar-refractivity contribution is 5.94. The zero-order chi connectivity index (χ0) is 21.2. The first kappa shape index (κ1) is 22.6. The molecule has 0 spiro atoms. The minimum Gasteiger partial charge on any atom is -0.379 e. The molecule has 0 radical (unpaired) electrons. The van der Waals surface area contributed by atoms with E-state index in [1.54, 1.807) is 0 Å². The molecule has 3 rings (SSSR count). The molecule has 2 aliphatic heterocycles. The van der Waals surface area contributed by atoms with Crippen LogP contribution in [-0.4, -0.2) is 75.5 Å². The monoisotopic (exact) mass is 423 g/mol. The van der Waals surface area contributed by atoms with E-state index in [1.165, 1.54) is 18.2 Å². The summed E-state index contributed by atoms with van der Waals surface area (Å²) >= 11 is 0. The SMILES string of the molecule is O=C(CCOCC1CCCO1)Nc1ccc(F)c(NC(=O)CCN2CCOCC2)c1. The van der Waals surface area contributed by atoms with Gasteiger partial charge in [0, 0.05) is 38.3 Å². The number of nitrogens with zero attached hydrogens (tertiary/aromatic N) is 1. The van der Waals surface area contributed by atoms with Crippen LogP contribution in [0, 0.1) is 5.82 Å². The van der Waals surface area contributed by atoms with Gasteiger partial charge in [0.25, 0.3) is 0 Å². The number of rotatable bonds is 10. The number of carbonyl (C=O) groups excluding carboxylic acids is 2. The summed E-state index contributed by atoms with van der Waals surface area (Å²) in [5, 5.41) is 5.29. The molecule has 166 valence electrons. The number of carbonyl (C=O) groups is 2. The highest BCUT2D eigenvalue weighted by atomic mass is 19.1. The highest BCUT2D eigenvalue weighted by Crippen LogP contribution is 2.20. The molecule has 2 heterocycles. The summed E-state index contributed by atoms with van der Waals surface area (Å²) in [6.45, 7) is 5.06. The zero-order valence-corrected chi connectivity index (χ0v) is 17.2. The van der Waals surface area contributed by atoms with E-state index in [0.717, 1.165) is 32.5 Å². The second-order valence-corrected chi connectivity index (χ2v) is 7.45. The van der Waals surface area contributed by atoms with E-state index in [4.69, 9.17) is 14.2 Å². The van der Waals surface area contributed by atoms with Gasteiger partial charge in [-0.25, -0.2) is 4.39 Å². The molecular formula is C21H30FN3O5. The summed E-state index contributed by atoms with van der Waals surface area (Å²) in [7, 11) is 0. The molecule has 1 aromatic rings. The number of nitrogens with one attached hydrogen (secondary N) is 2. The minimum atomic E-state index is -0.549. The molecule has 0 bridgehead atoms. The van der Waals surface area contributed by atoms with Crippen molar-refractivity contribution >= 4 is 23.2 Å². The van der Waals surface area contributed by atoms with E-state index in [2.05, 4.69) is 15.5 Å². The first-order chi connectivity index (χ1) is 14.6. The van der Waals surface area contributed by atoms with Gasteiger partial charge in [-0.1, -0.05) is 0 Å². The maximum atomic E-state index is 14.1. The Morgan fingerprint density at radius 3 is 2.70 bits per heavy atom. The van der Waals surface area contributed by atoms with Crippen LogP contribution in [0.5, 0.6) is 0 Å². The van der Waals surface area contributed by atoms with Gasteiger partial charge in [0.1, 0.15) is 5.82 Å². The number of hydrogen-bond donors (Lipinski definition) is 2. The molecule has 2 aliphatic rings. The third-order valence-corrected chi connectivity index (χ3v) is 5.08. The lowest BCUT2D eigenvalue weighted by Gasteiger charge is -2.26. The smallest absolute Gasteiger partial charge is 0.226 e. The van der Waals surface area contributed by atoms with E-state index in [9.17, 15) is 14.0 Å². The second-order valence-electron chi connectivity index (χ2n) is 7.45. The third kappa shape index (κ3) is 7.64. The van der Waals surface area contributed by atoms with E-state index in [0.29, 0.717) is 32.1 Å². The van der Waals surface area contributed by atoms with Crippen LogP contribution in [0.2, 0.25) is 0 Å². The zero-order valence-electron chi connectivity index (χ0n) is 17.2. The summed E-state index contributed by atoms with van der Waals surface area (Å²) in [4.78, 5) is 26.4. The average molecular weight is 423 g/mol. The van der Waals surface area contributed by atoms with Crippen LogP contribution >= 0.6 is 0 Å². The lowest BCUT2D eigenvalue weighted by atomic mass is 10.2. The molecule has 30 heavy (non-hydrogen) atoms. The van der Waals surface area contributed by atoms with Gasteiger partial charge < -0.3 is 24.8 Å². The van der Waals surface area contributed by atoms with Crippen LogP contribution in [0.1, 0.15) is 25.7 Å². The van der Waals surface area contributed by atoms with E-state index in [-0.39, 0.29) is 43.1 Å². The summed E-state index contributed by atoms with van der Waals surface area (Å²) < 4.78 is 30.3. The maximum absolute atomic E-state index is 14.1. The fourth-order valence-electron chi connectivity index (χ4n) is 3.37. The summed E-state index contributed by atoms with van der Waals surface area (Å²) in [6, 6.07) is 4.11. The van der Waals surface area contributed by atoms with Gasteiger partial charge >= 0.3 is 0 Å². The minimum absolute atomic E-state index is 0.0504. The molecule has 0 aromatic heterocycles. The Balaban J connectivity index is 1.39. The Bertz CT molecular complexity index is 706. The summed E-state index contributed by atoms with van der Waals surface area (Å²) in [5.74, 6) is -1.06. The van der Waals surface area contributed by atoms with Gasteiger partial charge in [-0.05, 0) is 31.0 Å². The average Bonchev–Trinajstić information content (AvgIpc) is 3.26. The van der Waals surface area contributed by atoms with Crippen molar-refractivity contribution in [2.45, 2.75) is 31.8 Å². The van der Waals surface area contributed by atoms with Crippen LogP contribution in [0.3, 0.4) is 0 Å². The summed E-state index contributed by atoms with van der Waals surface area (Å²) in [5.41, 5.74) is 0.471. The van der Waals surface area contributed by atoms with Gasteiger partial charge in [-0.2, -0.15) is 0 Å². The van der Waals surface area contributed by atoms with E-state index < -0.39 is 5.82 Å². The standard InChI is InChI=1S/C21H30FN3O5/c22-18-4-3-16(23-21(27)6-11-29-15-17-2-1-10-30-17)14-19(18)24-20(26)5-7-25-8-12-28-13-9-25/h3-4,14,17H,1-2,5-13,15H2,(H,23,27)(H,24,26). The topological polar surface area (TPSA) is 89.1 Å². The van der Waals surface area contributed by atoms with Gasteiger partial charge in [-0.15, -0.1) is 0 Å². The number of morpholine rings is 1. The Kier molecular flexibility index (Phi) is 9.00. The number of benzene rings is 1. The molecule has 1 atom stereocenters. The number of anilines is 2. The molecule has 0 saturated carbocycles. The third-order valence-electron chi connectivity index (χ3n) is 5.08. The van der Waals surface area contributed by atoms with Crippen molar-refractivity contribution in [3.63, 3.8) is 0 Å². The van der Waals surface area contributed by atoms with Gasteiger partial charge in [0.15, 0.2) is 0 Å². The van der Waals surface area contributed by atoms with Crippen molar-refractivity contribution in [3.05, 3.63) is 24.0 Å². The molecule has 2 saturated heterocycles. The number of halogens is 1. The van der Waals surface area contributed by atoms with Crippen molar-refractivity contribution in [2.75, 3.05) is 63.3 Å². The highest BCUT2D eigenvalue weighted by Gasteiger charge is 2.16. The van der Waals surface area contributed by atoms with Crippen molar-refractivity contribution in [2.24, 2.45) is 0 Å². The molecule has 0 aliphatic carbocycles. The first-order valence-corrected chi connectivity index (χ1v) is 10.5. The lowest BCUT2D eigenvalue weighted by molar-refractivity contribution is -0.118. The van der Waals surface area contributed by atoms with Crippen molar-refractivity contribution in [1.29, 1.82) is 0 Å². The lowest BCUT2D eigenvalue weighted by Crippen LogP contribution is -2.38. The fraction of sp³-hybridized carbons (Fsp3) is 0.619. The maximum Gasteiger partial charge on any atom is 0.226 e. The largest absolute Gasteiger partial charge is 0.379 e. The molecule has 1 unspecified atom stereocenters. The quantitative estimate of drug-likeness (QED) is 0.560. The number of hydrogen-bond acceptors (Lipinski definition) is 6. The fourth-order valence-corrected chi connectivity index (χ4v) is 3.37. The molecule has 1 aromatic carbocycles.